The van der Waals surface area contributed by atoms with E-state index in [2.05, 4.69) is 0 Å². The Balaban J connectivity index is 5.02. The first kappa shape index (κ1) is 14.2. The Hall–Kier alpha value is 0.150. The van der Waals surface area contributed by atoms with Crippen molar-refractivity contribution in [2.45, 2.75) is 37.7 Å². The zero-order valence-electron chi connectivity index (χ0n) is 7.89. The van der Waals surface area contributed by atoms with E-state index in [1.165, 1.54) is 0 Å². The third-order valence-electron chi connectivity index (χ3n) is 1.88. The van der Waals surface area contributed by atoms with Gasteiger partial charge in [0.2, 0.25) is 0 Å². The third kappa shape index (κ3) is 2.59. The monoisotopic (exact) mass is 232 g/mol. The molecule has 0 aromatic heterocycles. The predicted octanol–water partition coefficient (Wildman–Crippen LogP) is -2.34. The van der Waals surface area contributed by atoms with Gasteiger partial charge in [-0.25, -0.2) is 0 Å². The van der Waals surface area contributed by atoms with Crippen LogP contribution in [0.2, 0.25) is 0 Å². The van der Waals surface area contributed by atoms with E-state index in [9.17, 15) is 14.7 Å². The molecule has 0 aliphatic rings. The summed E-state index contributed by atoms with van der Waals surface area (Å²) >= 11 is 0. The van der Waals surface area contributed by atoms with Crippen LogP contribution in [0.5, 0.6) is 0 Å². The van der Waals surface area contributed by atoms with E-state index in [1.807, 2.05) is 0 Å². The van der Waals surface area contributed by atoms with E-state index in [4.69, 9.17) is 20.4 Å². The van der Waals surface area contributed by atoms with Crippen LogP contribution in [0.4, 0.5) is 0 Å². The summed E-state index contributed by atoms with van der Waals surface area (Å²) in [5, 5.41) is 36.0. The molecule has 0 saturated carbocycles. The molecule has 0 amide bonds. The zero-order chi connectivity index (χ0) is 11.8. The minimum absolute atomic E-state index is 1.00. The van der Waals surface area contributed by atoms with Crippen molar-refractivity contribution in [3.63, 3.8) is 0 Å². The van der Waals surface area contributed by atoms with Crippen LogP contribution >= 0.6 is 7.28 Å². The second-order valence-corrected chi connectivity index (χ2v) is 6.70. The van der Waals surface area contributed by atoms with E-state index in [0.29, 0.717) is 0 Å². The van der Waals surface area contributed by atoms with Crippen LogP contribution in [0.3, 0.4) is 0 Å². The zero-order valence-corrected chi connectivity index (χ0v) is 8.78. The molecular formula is C6H17O7P. The van der Waals surface area contributed by atoms with Gasteiger partial charge in [-0.1, -0.05) is 0 Å². The van der Waals surface area contributed by atoms with Crippen molar-refractivity contribution in [2.75, 3.05) is 0 Å². The van der Waals surface area contributed by atoms with Crippen LogP contribution < -0.4 is 0 Å². The molecule has 0 fully saturated rings. The molecule has 0 aromatic carbocycles. The SMILES string of the molecule is CC(O)C(O)P(O)(O)(O)C(O)C(C)O. The summed E-state index contributed by atoms with van der Waals surface area (Å²) < 4.78 is 0. The molecule has 4 atom stereocenters. The number of rotatable bonds is 4. The maximum atomic E-state index is 9.28. The fourth-order valence-electron chi connectivity index (χ4n) is 0.984. The average Bonchev–Trinajstić information content (AvgIpc) is 2.00. The van der Waals surface area contributed by atoms with Gasteiger partial charge in [0.1, 0.15) is 0 Å². The molecule has 14 heavy (non-hydrogen) atoms. The van der Waals surface area contributed by atoms with Crippen LogP contribution in [0.25, 0.3) is 0 Å². The van der Waals surface area contributed by atoms with Crippen LogP contribution in [-0.4, -0.2) is 59.0 Å². The number of hydrogen-bond donors (Lipinski definition) is 7. The van der Waals surface area contributed by atoms with Gasteiger partial charge in [0.05, 0.1) is 0 Å². The first-order chi connectivity index (χ1) is 5.99. The van der Waals surface area contributed by atoms with Crippen LogP contribution in [0.1, 0.15) is 13.8 Å². The maximum absolute atomic E-state index is 9.28. The molecule has 0 bridgehead atoms. The fourth-order valence-corrected chi connectivity index (χ4v) is 2.95. The minimum atomic E-state index is -5.90. The van der Waals surface area contributed by atoms with Gasteiger partial charge in [0, 0.05) is 0 Å². The van der Waals surface area contributed by atoms with Gasteiger partial charge < -0.3 is 0 Å². The predicted molar refractivity (Wildman–Crippen MR) is 49.0 cm³/mol. The number of hydrogen-bond acceptors (Lipinski definition) is 7. The molecule has 4 unspecified atom stereocenters. The standard InChI is InChI=1S/C6H17O7P/c1-3(7)5(9)14(11,12,13)6(10)4(2)8/h3-13H,1-2H3. The number of aliphatic hydroxyl groups is 4. The van der Waals surface area contributed by atoms with Gasteiger partial charge in [-0.05, 0) is 0 Å². The summed E-state index contributed by atoms with van der Waals surface area (Å²) in [5.74, 6) is -4.63. The molecule has 0 radical (unpaired) electrons. The van der Waals surface area contributed by atoms with Gasteiger partial charge in [-0.15, -0.1) is 0 Å². The summed E-state index contributed by atoms with van der Waals surface area (Å²) in [6, 6.07) is 0. The second-order valence-electron chi connectivity index (χ2n) is 3.42. The van der Waals surface area contributed by atoms with E-state index in [0.717, 1.165) is 13.8 Å². The van der Waals surface area contributed by atoms with Crippen molar-refractivity contribution in [1.29, 1.82) is 0 Å². The van der Waals surface area contributed by atoms with E-state index in [1.54, 1.807) is 0 Å². The molecule has 0 saturated heterocycles. The van der Waals surface area contributed by atoms with Crippen LogP contribution in [0.15, 0.2) is 0 Å². The normalized spacial score (nSPS) is 24.5. The van der Waals surface area contributed by atoms with Crippen molar-refractivity contribution in [2.24, 2.45) is 0 Å². The second kappa shape index (κ2) is 3.96. The first-order valence-corrected chi connectivity index (χ1v) is 6.20. The van der Waals surface area contributed by atoms with Crippen molar-refractivity contribution < 1.29 is 35.1 Å². The Morgan fingerprint density at radius 1 is 0.714 bits per heavy atom. The van der Waals surface area contributed by atoms with Gasteiger partial charge in [-0.3, -0.25) is 0 Å². The fraction of sp³-hybridized carbons (Fsp3) is 1.00. The first-order valence-electron chi connectivity index (χ1n) is 3.97. The molecule has 0 aliphatic heterocycles. The summed E-state index contributed by atoms with van der Waals surface area (Å²) in [5.41, 5.74) is 0. The molecule has 0 heterocycles. The molecule has 0 rings (SSSR count). The molecular weight excluding hydrogens is 215 g/mol. The Bertz CT molecular complexity index is 178. The van der Waals surface area contributed by atoms with Crippen LogP contribution in [0, 0.1) is 0 Å². The molecule has 0 aliphatic carbocycles. The third-order valence-corrected chi connectivity index (χ3v) is 4.77. The molecule has 88 valence electrons. The van der Waals surface area contributed by atoms with Crippen molar-refractivity contribution >= 4 is 7.28 Å². The van der Waals surface area contributed by atoms with E-state index >= 15 is 0 Å². The van der Waals surface area contributed by atoms with Gasteiger partial charge in [-0.2, -0.15) is 0 Å². The molecule has 7 nitrogen and oxygen atoms in total. The molecule has 0 spiro atoms. The van der Waals surface area contributed by atoms with Gasteiger partial charge >= 0.3 is 80.1 Å². The van der Waals surface area contributed by atoms with E-state index in [-0.39, 0.29) is 0 Å². The van der Waals surface area contributed by atoms with Crippen molar-refractivity contribution in [3.05, 3.63) is 0 Å². The Morgan fingerprint density at radius 2 is 0.929 bits per heavy atom. The Kier molecular flexibility index (Phi) is 4.00. The summed E-state index contributed by atoms with van der Waals surface area (Å²) in [6.45, 7) is 2.01. The van der Waals surface area contributed by atoms with Crippen molar-refractivity contribution in [3.8, 4) is 0 Å². The Labute approximate surface area is 81.1 Å². The topological polar surface area (TPSA) is 142 Å². The molecule has 7 N–H and O–H groups in total. The summed E-state index contributed by atoms with van der Waals surface area (Å²) in [4.78, 5) is 27.8. The van der Waals surface area contributed by atoms with Gasteiger partial charge in [0.15, 0.2) is 0 Å². The van der Waals surface area contributed by atoms with Crippen LogP contribution in [-0.2, 0) is 0 Å². The summed E-state index contributed by atoms with van der Waals surface area (Å²) in [7, 11) is -5.90. The average molecular weight is 232 g/mol. The number of aliphatic hydroxyl groups excluding tert-OH is 4. The van der Waals surface area contributed by atoms with Crippen molar-refractivity contribution in [1.82, 2.24) is 0 Å². The molecule has 8 heteroatoms. The van der Waals surface area contributed by atoms with Gasteiger partial charge in [0.25, 0.3) is 0 Å². The quantitative estimate of drug-likeness (QED) is 0.269. The molecule has 0 aromatic rings. The van der Waals surface area contributed by atoms with E-state index < -0.39 is 31.2 Å². The summed E-state index contributed by atoms with van der Waals surface area (Å²) in [6.07, 6.45) is -3.30. The Morgan fingerprint density at radius 3 is 1.07 bits per heavy atom.